The zero-order valence-corrected chi connectivity index (χ0v) is 40.1. The number of hydrogen-bond donors (Lipinski definition) is 0. The lowest BCUT2D eigenvalue weighted by atomic mass is 9.77. The minimum atomic E-state index is -4.51. The highest BCUT2D eigenvalue weighted by atomic mass is 19.4. The summed E-state index contributed by atoms with van der Waals surface area (Å²) in [6, 6.07) is 45.4. The molecule has 2 aromatic heterocycles. The summed E-state index contributed by atoms with van der Waals surface area (Å²) in [6.45, 7) is 25.2. The molecule has 0 aliphatic carbocycles. The highest BCUT2D eigenvalue weighted by molar-refractivity contribution is 6.09. The molecule has 1 aliphatic rings. The van der Waals surface area contributed by atoms with E-state index in [4.69, 9.17) is 4.98 Å². The van der Waals surface area contributed by atoms with Crippen molar-refractivity contribution in [1.29, 1.82) is 0 Å². The van der Waals surface area contributed by atoms with Gasteiger partial charge in [0.15, 0.2) is 0 Å². The molecule has 4 nitrogen and oxygen atoms in total. The van der Waals surface area contributed by atoms with E-state index >= 15 is 0 Å². The number of halogens is 3. The van der Waals surface area contributed by atoms with Crippen LogP contribution >= 0.6 is 0 Å². The molecule has 66 heavy (non-hydrogen) atoms. The second-order valence-corrected chi connectivity index (χ2v) is 20.7. The van der Waals surface area contributed by atoms with Crippen molar-refractivity contribution < 1.29 is 13.2 Å². The first-order chi connectivity index (χ1) is 31.2. The second kappa shape index (κ2) is 16.5. The number of benzene rings is 6. The predicted molar refractivity (Wildman–Crippen MR) is 271 cm³/mol. The minimum absolute atomic E-state index is 0.0217. The Morgan fingerprint density at radius 1 is 0.515 bits per heavy atom. The fourth-order valence-corrected chi connectivity index (χ4v) is 9.84. The van der Waals surface area contributed by atoms with Crippen LogP contribution in [-0.2, 0) is 17.0 Å². The van der Waals surface area contributed by atoms with Crippen molar-refractivity contribution in [2.45, 2.75) is 111 Å². The molecule has 7 heteroatoms. The summed E-state index contributed by atoms with van der Waals surface area (Å²) in [6.07, 6.45) is -2.71. The molecule has 338 valence electrons. The molecule has 0 amide bonds. The van der Waals surface area contributed by atoms with Gasteiger partial charge in [0, 0.05) is 33.8 Å². The first-order valence-corrected chi connectivity index (χ1v) is 23.4. The van der Waals surface area contributed by atoms with E-state index < -0.39 is 17.2 Å². The summed E-state index contributed by atoms with van der Waals surface area (Å²) >= 11 is 0. The molecule has 0 N–H and O–H groups in total. The number of nitrogens with zero attached hydrogens (tertiary/aromatic N) is 4. The van der Waals surface area contributed by atoms with Crippen molar-refractivity contribution in [3.63, 3.8) is 0 Å². The first kappa shape index (κ1) is 44.8. The van der Waals surface area contributed by atoms with Crippen LogP contribution < -0.4 is 9.80 Å². The van der Waals surface area contributed by atoms with Gasteiger partial charge in [-0.25, -0.2) is 4.98 Å². The lowest BCUT2D eigenvalue weighted by molar-refractivity contribution is -0.137. The Morgan fingerprint density at radius 2 is 1.03 bits per heavy atom. The van der Waals surface area contributed by atoms with Gasteiger partial charge in [0.05, 0.1) is 28.0 Å². The number of alkyl halides is 3. The Kier molecular flexibility index (Phi) is 11.2. The van der Waals surface area contributed by atoms with Crippen LogP contribution in [0.1, 0.15) is 133 Å². The Balaban J connectivity index is 1.17. The fourth-order valence-electron chi connectivity index (χ4n) is 9.84. The monoisotopic (exact) mass is 882 g/mol. The molecule has 9 rings (SSSR count). The molecular formula is C59H61F3N4. The average Bonchev–Trinajstić information content (AvgIpc) is 3.84. The number of para-hydroxylation sites is 2. The van der Waals surface area contributed by atoms with Gasteiger partial charge < -0.3 is 9.80 Å². The summed E-state index contributed by atoms with van der Waals surface area (Å²) < 4.78 is 45.4. The maximum absolute atomic E-state index is 14.5. The maximum atomic E-state index is 14.5. The molecule has 0 unspecified atom stereocenters. The van der Waals surface area contributed by atoms with Crippen molar-refractivity contribution in [1.82, 2.24) is 9.55 Å². The van der Waals surface area contributed by atoms with E-state index in [2.05, 4.69) is 195 Å². The van der Waals surface area contributed by atoms with Crippen LogP contribution in [0.15, 0.2) is 140 Å². The third-order valence-electron chi connectivity index (χ3n) is 13.9. The van der Waals surface area contributed by atoms with Crippen molar-refractivity contribution in [3.8, 4) is 16.9 Å². The Hall–Kier alpha value is -6.34. The second-order valence-electron chi connectivity index (χ2n) is 20.7. The first-order valence-electron chi connectivity index (χ1n) is 23.4. The number of rotatable bonds is 9. The molecular weight excluding hydrogens is 822 g/mol. The fraction of sp³-hybridized carbons (Fsp3) is 0.305. The molecule has 0 radical (unpaired) electrons. The Labute approximate surface area is 388 Å². The molecule has 8 aromatic rings. The maximum Gasteiger partial charge on any atom is 0.416 e. The van der Waals surface area contributed by atoms with E-state index in [-0.39, 0.29) is 17.3 Å². The topological polar surface area (TPSA) is 24.3 Å². The van der Waals surface area contributed by atoms with E-state index in [1.807, 2.05) is 10.6 Å². The number of hydrogen-bond acceptors (Lipinski definition) is 3. The molecule has 0 bridgehead atoms. The van der Waals surface area contributed by atoms with Crippen molar-refractivity contribution in [2.24, 2.45) is 0 Å². The largest absolute Gasteiger partial charge is 0.416 e. The van der Waals surface area contributed by atoms with Gasteiger partial charge >= 0.3 is 6.18 Å². The SMILES string of the molecule is CC(C)c1cc(C(C)C)c(-c2ccnc(-n3c4cc(C(F)(F)F)ccc4c4ccc(C(C)(C)c5cccc(N6CN(c7cccc(C(C)(C)C)c7)c7ccccc76)c5)cc43)c2)c(C(C)C)c1. The van der Waals surface area contributed by atoms with Gasteiger partial charge in [-0.05, 0) is 134 Å². The molecule has 0 fully saturated rings. The predicted octanol–water partition coefficient (Wildman–Crippen LogP) is 17.1. The van der Waals surface area contributed by atoms with Gasteiger partial charge in [-0.3, -0.25) is 4.57 Å². The van der Waals surface area contributed by atoms with E-state index in [1.54, 1.807) is 12.3 Å². The summed E-state index contributed by atoms with van der Waals surface area (Å²) in [4.78, 5) is 9.70. The smallest absolute Gasteiger partial charge is 0.321 e. The highest BCUT2D eigenvalue weighted by Gasteiger charge is 2.33. The summed E-state index contributed by atoms with van der Waals surface area (Å²) in [5, 5.41) is 1.62. The van der Waals surface area contributed by atoms with Crippen LogP contribution in [0.25, 0.3) is 38.8 Å². The van der Waals surface area contributed by atoms with Gasteiger partial charge in [-0.15, -0.1) is 0 Å². The minimum Gasteiger partial charge on any atom is -0.321 e. The van der Waals surface area contributed by atoms with Crippen LogP contribution in [0, 0.1) is 0 Å². The normalized spacial score (nSPS) is 13.6. The molecule has 1 aliphatic heterocycles. The van der Waals surface area contributed by atoms with Crippen LogP contribution in [0.5, 0.6) is 0 Å². The molecule has 0 spiro atoms. The highest BCUT2D eigenvalue weighted by Crippen LogP contribution is 2.47. The average molecular weight is 883 g/mol. The standard InChI is InChI=1S/C59H61F3N4/c1-36(2)40-28-49(37(3)4)56(50(29-40)38(5)6)39-26-27-63-55(30-39)66-53-33-43(22-24-47(53)48-25-23-44(34-54(48)66)59(60,61)62)58(10,11)42-17-15-19-46(32-42)65-35-64(51-20-12-13-21-52(51)65)45-18-14-16-41(31-45)57(7,8)9/h12-34,36-38H,35H2,1-11H3. The zero-order chi connectivity index (χ0) is 47.0. The zero-order valence-electron chi connectivity index (χ0n) is 40.1. The molecule has 6 aromatic carbocycles. The molecule has 0 saturated heterocycles. The van der Waals surface area contributed by atoms with E-state index in [9.17, 15) is 13.2 Å². The van der Waals surface area contributed by atoms with Crippen LogP contribution in [-0.4, -0.2) is 16.2 Å². The van der Waals surface area contributed by atoms with Crippen molar-refractivity contribution in [2.75, 3.05) is 16.5 Å². The molecule has 3 heterocycles. The quantitative estimate of drug-likeness (QED) is 0.144. The van der Waals surface area contributed by atoms with Crippen LogP contribution in [0.4, 0.5) is 35.9 Å². The van der Waals surface area contributed by atoms with Crippen molar-refractivity contribution in [3.05, 3.63) is 179 Å². The van der Waals surface area contributed by atoms with Gasteiger partial charge in [-0.2, -0.15) is 13.2 Å². The van der Waals surface area contributed by atoms with Gasteiger partial charge in [0.25, 0.3) is 0 Å². The van der Waals surface area contributed by atoms with Gasteiger partial charge in [-0.1, -0.05) is 143 Å². The molecule has 0 saturated carbocycles. The number of pyridine rings is 1. The Bertz CT molecular complexity index is 3100. The lowest BCUT2D eigenvalue weighted by Gasteiger charge is -2.29. The number of anilines is 4. The van der Waals surface area contributed by atoms with Crippen LogP contribution in [0.2, 0.25) is 0 Å². The number of aromatic nitrogens is 2. The summed E-state index contributed by atoms with van der Waals surface area (Å²) in [5.41, 5.74) is 14.1. The third-order valence-corrected chi connectivity index (χ3v) is 13.9. The Morgan fingerprint density at radius 3 is 1.56 bits per heavy atom. The van der Waals surface area contributed by atoms with E-state index in [1.165, 1.54) is 39.9 Å². The van der Waals surface area contributed by atoms with E-state index in [0.717, 1.165) is 55.7 Å². The summed E-state index contributed by atoms with van der Waals surface area (Å²) in [5.74, 6) is 1.45. The summed E-state index contributed by atoms with van der Waals surface area (Å²) in [7, 11) is 0. The lowest BCUT2D eigenvalue weighted by Crippen LogP contribution is -2.25. The van der Waals surface area contributed by atoms with Crippen molar-refractivity contribution >= 4 is 44.6 Å². The van der Waals surface area contributed by atoms with Crippen LogP contribution in [0.3, 0.4) is 0 Å². The van der Waals surface area contributed by atoms with Gasteiger partial charge in [0.1, 0.15) is 12.5 Å². The van der Waals surface area contributed by atoms with Gasteiger partial charge in [0.2, 0.25) is 0 Å². The molecule has 0 atom stereocenters. The third kappa shape index (κ3) is 7.94. The number of fused-ring (bicyclic) bond motifs is 4. The van der Waals surface area contributed by atoms with E-state index in [0.29, 0.717) is 23.9 Å².